The average molecular weight is 266 g/mol. The summed E-state index contributed by atoms with van der Waals surface area (Å²) in [7, 11) is 0. The number of hydrogen-bond acceptors (Lipinski definition) is 2. The van der Waals surface area contributed by atoms with Crippen molar-refractivity contribution in [3.8, 4) is 0 Å². The molecule has 1 saturated carbocycles. The lowest BCUT2D eigenvalue weighted by molar-refractivity contribution is 0.211. The summed E-state index contributed by atoms with van der Waals surface area (Å²) < 4.78 is 0. The first-order valence-electron chi connectivity index (χ1n) is 8.75. The molecule has 0 aromatic rings. The molecular weight excluding hydrogens is 232 g/mol. The maximum absolute atomic E-state index is 3.76. The van der Waals surface area contributed by atoms with Crippen molar-refractivity contribution in [1.29, 1.82) is 0 Å². The van der Waals surface area contributed by atoms with Gasteiger partial charge >= 0.3 is 0 Å². The van der Waals surface area contributed by atoms with Crippen molar-refractivity contribution in [3.63, 3.8) is 0 Å². The third kappa shape index (κ3) is 5.07. The fraction of sp³-hybridized carbons (Fsp3) is 1.00. The zero-order valence-electron chi connectivity index (χ0n) is 13.2. The van der Waals surface area contributed by atoms with Gasteiger partial charge in [0.05, 0.1) is 0 Å². The van der Waals surface area contributed by atoms with E-state index < -0.39 is 0 Å². The van der Waals surface area contributed by atoms with Crippen LogP contribution >= 0.6 is 0 Å². The highest BCUT2D eigenvalue weighted by atomic mass is 15.2. The molecule has 0 bridgehead atoms. The van der Waals surface area contributed by atoms with Gasteiger partial charge in [-0.3, -0.25) is 0 Å². The third-order valence-corrected chi connectivity index (χ3v) is 5.42. The Bertz CT molecular complexity index is 235. The highest BCUT2D eigenvalue weighted by molar-refractivity contribution is 4.80. The van der Waals surface area contributed by atoms with Crippen molar-refractivity contribution in [3.05, 3.63) is 0 Å². The van der Waals surface area contributed by atoms with Crippen LogP contribution in [-0.4, -0.2) is 37.1 Å². The first-order valence-corrected chi connectivity index (χ1v) is 8.75. The zero-order chi connectivity index (χ0) is 13.5. The Kier molecular flexibility index (Phi) is 6.66. The second-order valence-electron chi connectivity index (χ2n) is 6.89. The van der Waals surface area contributed by atoms with Gasteiger partial charge in [-0.15, -0.1) is 0 Å². The monoisotopic (exact) mass is 266 g/mol. The minimum absolute atomic E-state index is 0.721. The lowest BCUT2D eigenvalue weighted by Gasteiger charge is -2.30. The Morgan fingerprint density at radius 3 is 2.68 bits per heavy atom. The van der Waals surface area contributed by atoms with Gasteiger partial charge in [0.2, 0.25) is 0 Å². The van der Waals surface area contributed by atoms with E-state index >= 15 is 0 Å². The second-order valence-corrected chi connectivity index (χ2v) is 6.89. The van der Waals surface area contributed by atoms with Crippen LogP contribution < -0.4 is 5.32 Å². The number of hydrogen-bond donors (Lipinski definition) is 1. The summed E-state index contributed by atoms with van der Waals surface area (Å²) in [6.45, 7) is 9.88. The summed E-state index contributed by atoms with van der Waals surface area (Å²) in [5.74, 6) is 1.85. The molecule has 2 heteroatoms. The van der Waals surface area contributed by atoms with Crippen LogP contribution in [0, 0.1) is 11.8 Å². The average Bonchev–Trinajstić information content (AvgIpc) is 2.71. The maximum atomic E-state index is 3.76. The molecule has 2 fully saturated rings. The fourth-order valence-electron chi connectivity index (χ4n) is 3.73. The Morgan fingerprint density at radius 2 is 1.95 bits per heavy atom. The second kappa shape index (κ2) is 8.26. The first-order chi connectivity index (χ1) is 9.29. The van der Waals surface area contributed by atoms with E-state index in [2.05, 4.69) is 24.1 Å². The van der Waals surface area contributed by atoms with E-state index in [1.807, 2.05) is 0 Å². The Morgan fingerprint density at radius 1 is 1.16 bits per heavy atom. The van der Waals surface area contributed by atoms with Crippen molar-refractivity contribution < 1.29 is 0 Å². The Balaban J connectivity index is 1.74. The minimum atomic E-state index is 0.721. The molecule has 0 aromatic carbocycles. The van der Waals surface area contributed by atoms with Gasteiger partial charge in [-0.05, 0) is 44.3 Å². The van der Waals surface area contributed by atoms with Crippen LogP contribution in [0.25, 0.3) is 0 Å². The van der Waals surface area contributed by atoms with Crippen LogP contribution in [0.5, 0.6) is 0 Å². The van der Waals surface area contributed by atoms with Crippen LogP contribution in [0.4, 0.5) is 0 Å². The van der Waals surface area contributed by atoms with Crippen LogP contribution in [-0.2, 0) is 0 Å². The number of nitrogens with zero attached hydrogens (tertiary/aromatic N) is 1. The highest BCUT2D eigenvalue weighted by Gasteiger charge is 2.22. The molecule has 0 spiro atoms. The fourth-order valence-corrected chi connectivity index (χ4v) is 3.73. The Hall–Kier alpha value is -0.0800. The molecular formula is C17H34N2. The lowest BCUT2D eigenvalue weighted by Crippen LogP contribution is -2.42. The van der Waals surface area contributed by atoms with E-state index in [-0.39, 0.29) is 0 Å². The van der Waals surface area contributed by atoms with E-state index in [1.165, 1.54) is 77.5 Å². The van der Waals surface area contributed by atoms with Gasteiger partial charge in [-0.1, -0.05) is 52.4 Å². The predicted molar refractivity (Wildman–Crippen MR) is 83.5 cm³/mol. The quantitative estimate of drug-likeness (QED) is 0.817. The van der Waals surface area contributed by atoms with Gasteiger partial charge in [0.25, 0.3) is 0 Å². The molecule has 2 atom stereocenters. The SMILES string of the molecule is CCC(C)C1CN(CCC2CCCCC2)CCCN1. The number of nitrogens with one attached hydrogen (secondary N) is 1. The van der Waals surface area contributed by atoms with Gasteiger partial charge in [-0.25, -0.2) is 0 Å². The molecule has 2 rings (SSSR count). The van der Waals surface area contributed by atoms with Gasteiger partial charge in [-0.2, -0.15) is 0 Å². The molecule has 0 amide bonds. The summed E-state index contributed by atoms with van der Waals surface area (Å²) in [5.41, 5.74) is 0. The maximum Gasteiger partial charge on any atom is 0.0220 e. The van der Waals surface area contributed by atoms with Crippen molar-refractivity contribution in [1.82, 2.24) is 10.2 Å². The normalized spacial score (nSPS) is 29.1. The molecule has 19 heavy (non-hydrogen) atoms. The summed E-state index contributed by atoms with van der Waals surface area (Å²) >= 11 is 0. The van der Waals surface area contributed by atoms with Gasteiger partial charge in [0.1, 0.15) is 0 Å². The topological polar surface area (TPSA) is 15.3 Å². The molecule has 112 valence electrons. The van der Waals surface area contributed by atoms with Crippen LogP contribution in [0.2, 0.25) is 0 Å². The zero-order valence-corrected chi connectivity index (χ0v) is 13.2. The smallest absolute Gasteiger partial charge is 0.0220 e. The standard InChI is InChI=1S/C17H34N2/c1-3-15(2)17-14-19(12-7-11-18-17)13-10-16-8-5-4-6-9-16/h15-18H,3-14H2,1-2H3. The molecule has 0 aromatic heterocycles. The largest absolute Gasteiger partial charge is 0.312 e. The van der Waals surface area contributed by atoms with Crippen molar-refractivity contribution >= 4 is 0 Å². The van der Waals surface area contributed by atoms with E-state index in [1.54, 1.807) is 0 Å². The first kappa shape index (κ1) is 15.3. The minimum Gasteiger partial charge on any atom is -0.312 e. The van der Waals surface area contributed by atoms with Gasteiger partial charge < -0.3 is 10.2 Å². The molecule has 1 saturated heterocycles. The third-order valence-electron chi connectivity index (χ3n) is 5.42. The van der Waals surface area contributed by atoms with E-state index in [0.717, 1.165) is 17.9 Å². The van der Waals surface area contributed by atoms with E-state index in [4.69, 9.17) is 0 Å². The Labute approximate surface area is 120 Å². The van der Waals surface area contributed by atoms with E-state index in [0.29, 0.717) is 0 Å². The van der Waals surface area contributed by atoms with Crippen molar-refractivity contribution in [2.45, 2.75) is 71.3 Å². The summed E-state index contributed by atoms with van der Waals surface area (Å²) in [4.78, 5) is 2.74. The van der Waals surface area contributed by atoms with Crippen LogP contribution in [0.15, 0.2) is 0 Å². The predicted octanol–water partition coefficient (Wildman–Crippen LogP) is 3.67. The van der Waals surface area contributed by atoms with Crippen LogP contribution in [0.1, 0.15) is 65.2 Å². The molecule has 1 N–H and O–H groups in total. The highest BCUT2D eigenvalue weighted by Crippen LogP contribution is 2.26. The van der Waals surface area contributed by atoms with E-state index in [9.17, 15) is 0 Å². The molecule has 0 radical (unpaired) electrons. The van der Waals surface area contributed by atoms with Crippen LogP contribution in [0.3, 0.4) is 0 Å². The molecule has 1 aliphatic carbocycles. The summed E-state index contributed by atoms with van der Waals surface area (Å²) in [6.07, 6.45) is 11.5. The molecule has 2 unspecified atom stereocenters. The molecule has 2 aliphatic rings. The van der Waals surface area contributed by atoms with Gasteiger partial charge in [0, 0.05) is 12.6 Å². The molecule has 2 nitrogen and oxygen atoms in total. The summed E-state index contributed by atoms with van der Waals surface area (Å²) in [5, 5.41) is 3.76. The molecule has 1 aliphatic heterocycles. The summed E-state index contributed by atoms with van der Waals surface area (Å²) in [6, 6.07) is 0.721. The van der Waals surface area contributed by atoms with Gasteiger partial charge in [0.15, 0.2) is 0 Å². The number of rotatable bonds is 5. The molecule has 1 heterocycles. The lowest BCUT2D eigenvalue weighted by atomic mass is 9.87. The van der Waals surface area contributed by atoms with Crippen molar-refractivity contribution in [2.75, 3.05) is 26.2 Å². The van der Waals surface area contributed by atoms with Crippen molar-refractivity contribution in [2.24, 2.45) is 11.8 Å².